The highest BCUT2D eigenvalue weighted by Crippen LogP contribution is 2.26. The minimum Gasteiger partial charge on any atom is -0.333 e. The van der Waals surface area contributed by atoms with Gasteiger partial charge in [-0.3, -0.25) is 0 Å². The maximum Gasteiger partial charge on any atom is 0.116 e. The molecule has 2 aromatic heterocycles. The zero-order chi connectivity index (χ0) is 12.4. The van der Waals surface area contributed by atoms with Crippen molar-refractivity contribution in [1.82, 2.24) is 14.5 Å². The number of thiazole rings is 1. The fraction of sp³-hybridized carbons (Fsp3) is 0.500. The normalized spacial score (nSPS) is 12.9. The average Bonchev–Trinajstić information content (AvgIpc) is 2.93. The molecular weight excluding hydrogens is 232 g/mol. The molecule has 0 spiro atoms. The van der Waals surface area contributed by atoms with Gasteiger partial charge in [0, 0.05) is 11.4 Å². The van der Waals surface area contributed by atoms with Crippen LogP contribution in [0.3, 0.4) is 0 Å². The number of nitrogens with zero attached hydrogens (tertiary/aromatic N) is 3. The van der Waals surface area contributed by atoms with Gasteiger partial charge in [0.05, 0.1) is 30.0 Å². The van der Waals surface area contributed by atoms with Crippen molar-refractivity contribution in [2.24, 2.45) is 5.73 Å². The highest BCUT2D eigenvalue weighted by molar-refractivity contribution is 7.11. The van der Waals surface area contributed by atoms with Crippen molar-refractivity contribution in [3.63, 3.8) is 0 Å². The first-order valence-electron chi connectivity index (χ1n) is 5.89. The van der Waals surface area contributed by atoms with Crippen LogP contribution in [0.5, 0.6) is 0 Å². The second-order valence-electron chi connectivity index (χ2n) is 3.99. The summed E-state index contributed by atoms with van der Waals surface area (Å²) < 4.78 is 2.06. The Morgan fingerprint density at radius 1 is 1.47 bits per heavy atom. The van der Waals surface area contributed by atoms with Gasteiger partial charge in [-0.1, -0.05) is 6.92 Å². The van der Waals surface area contributed by atoms with Crippen LogP contribution in [0.1, 0.15) is 41.2 Å². The molecule has 0 bridgehead atoms. The minimum atomic E-state index is -0.165. The summed E-state index contributed by atoms with van der Waals surface area (Å²) in [6.07, 6.45) is 4.61. The summed E-state index contributed by atoms with van der Waals surface area (Å²) in [5, 5.41) is 0.981. The Morgan fingerprint density at radius 2 is 2.24 bits per heavy atom. The molecule has 1 atom stereocenters. The molecule has 0 aliphatic heterocycles. The van der Waals surface area contributed by atoms with Crippen LogP contribution >= 0.6 is 11.3 Å². The van der Waals surface area contributed by atoms with Crippen molar-refractivity contribution in [3.05, 3.63) is 33.8 Å². The Morgan fingerprint density at radius 3 is 2.82 bits per heavy atom. The Kier molecular flexibility index (Phi) is 3.59. The molecule has 1 unspecified atom stereocenters. The molecule has 0 saturated carbocycles. The zero-order valence-corrected chi connectivity index (χ0v) is 11.3. The lowest BCUT2D eigenvalue weighted by atomic mass is 10.2. The van der Waals surface area contributed by atoms with Crippen LogP contribution in [0.4, 0.5) is 0 Å². The molecule has 0 aliphatic carbocycles. The van der Waals surface area contributed by atoms with Gasteiger partial charge in [0.1, 0.15) is 5.01 Å². The largest absolute Gasteiger partial charge is 0.333 e. The number of hydrogen-bond donors (Lipinski definition) is 1. The number of hydrogen-bond acceptors (Lipinski definition) is 4. The van der Waals surface area contributed by atoms with E-state index < -0.39 is 0 Å². The Hall–Kier alpha value is -1.20. The van der Waals surface area contributed by atoms with E-state index >= 15 is 0 Å². The fourth-order valence-corrected chi connectivity index (χ4v) is 2.92. The van der Waals surface area contributed by atoms with Crippen LogP contribution in [0.25, 0.3) is 0 Å². The second kappa shape index (κ2) is 4.98. The summed E-state index contributed by atoms with van der Waals surface area (Å²) in [6, 6.07) is -0.165. The second-order valence-corrected chi connectivity index (χ2v) is 5.23. The smallest absolute Gasteiger partial charge is 0.116 e. The first-order chi connectivity index (χ1) is 8.17. The summed E-state index contributed by atoms with van der Waals surface area (Å²) >= 11 is 1.69. The van der Waals surface area contributed by atoms with E-state index in [2.05, 4.69) is 35.3 Å². The molecule has 92 valence electrons. The number of imidazole rings is 1. The molecular formula is C12H18N4S. The molecule has 0 aliphatic rings. The van der Waals surface area contributed by atoms with E-state index in [1.165, 1.54) is 4.88 Å². The van der Waals surface area contributed by atoms with Crippen molar-refractivity contribution in [2.75, 3.05) is 0 Å². The number of aryl methyl sites for hydroxylation is 3. The van der Waals surface area contributed by atoms with Crippen LogP contribution < -0.4 is 5.73 Å². The number of nitrogens with two attached hydrogens (primary N) is 1. The molecule has 2 heterocycles. The molecule has 0 radical (unpaired) electrons. The van der Waals surface area contributed by atoms with Gasteiger partial charge in [0.25, 0.3) is 0 Å². The lowest BCUT2D eigenvalue weighted by Crippen LogP contribution is -2.16. The van der Waals surface area contributed by atoms with Crippen molar-refractivity contribution in [3.8, 4) is 0 Å². The highest BCUT2D eigenvalue weighted by atomic mass is 32.1. The van der Waals surface area contributed by atoms with Gasteiger partial charge in [-0.15, -0.1) is 11.3 Å². The molecule has 4 nitrogen and oxygen atoms in total. The lowest BCUT2D eigenvalue weighted by molar-refractivity contribution is 0.672. The van der Waals surface area contributed by atoms with E-state index in [1.54, 1.807) is 11.3 Å². The van der Waals surface area contributed by atoms with Crippen LogP contribution in [0, 0.1) is 6.92 Å². The lowest BCUT2D eigenvalue weighted by Gasteiger charge is -2.10. The standard InChI is InChI=1S/C12H18N4S/c1-4-9-8(3)17-12(15-9)11(13)10-6-14-7-16(10)5-2/h6-7,11H,4-5,13H2,1-3H3. The molecule has 0 saturated heterocycles. The monoisotopic (exact) mass is 250 g/mol. The van der Waals surface area contributed by atoms with Gasteiger partial charge < -0.3 is 10.3 Å². The van der Waals surface area contributed by atoms with E-state index in [-0.39, 0.29) is 6.04 Å². The topological polar surface area (TPSA) is 56.7 Å². The maximum atomic E-state index is 6.26. The van der Waals surface area contributed by atoms with Crippen LogP contribution in [-0.4, -0.2) is 14.5 Å². The summed E-state index contributed by atoms with van der Waals surface area (Å²) in [6.45, 7) is 7.19. The van der Waals surface area contributed by atoms with E-state index in [0.717, 1.165) is 29.4 Å². The molecule has 0 aromatic carbocycles. The summed E-state index contributed by atoms with van der Waals surface area (Å²) in [4.78, 5) is 10.0. The summed E-state index contributed by atoms with van der Waals surface area (Å²) in [7, 11) is 0. The third kappa shape index (κ3) is 2.25. The van der Waals surface area contributed by atoms with Gasteiger partial charge >= 0.3 is 0 Å². The van der Waals surface area contributed by atoms with Crippen molar-refractivity contribution < 1.29 is 0 Å². The quantitative estimate of drug-likeness (QED) is 0.905. The molecule has 2 N–H and O–H groups in total. The third-order valence-corrected chi connectivity index (χ3v) is 4.01. The molecule has 2 aromatic rings. The van der Waals surface area contributed by atoms with Crippen LogP contribution in [0.15, 0.2) is 12.5 Å². The Balaban J connectivity index is 2.33. The van der Waals surface area contributed by atoms with E-state index in [4.69, 9.17) is 5.73 Å². The van der Waals surface area contributed by atoms with Crippen molar-refractivity contribution in [2.45, 2.75) is 39.8 Å². The van der Waals surface area contributed by atoms with Gasteiger partial charge in [0.2, 0.25) is 0 Å². The average molecular weight is 250 g/mol. The first-order valence-corrected chi connectivity index (χ1v) is 6.70. The van der Waals surface area contributed by atoms with Gasteiger partial charge in [-0.25, -0.2) is 9.97 Å². The SMILES string of the molecule is CCc1nc(C(N)c2cncn2CC)sc1C. The third-order valence-electron chi connectivity index (χ3n) is 2.91. The minimum absolute atomic E-state index is 0.165. The van der Waals surface area contributed by atoms with Crippen molar-refractivity contribution in [1.29, 1.82) is 0 Å². The number of aromatic nitrogens is 3. The summed E-state index contributed by atoms with van der Waals surface area (Å²) in [5.74, 6) is 0. The molecule has 0 amide bonds. The molecule has 17 heavy (non-hydrogen) atoms. The van der Waals surface area contributed by atoms with E-state index in [9.17, 15) is 0 Å². The maximum absolute atomic E-state index is 6.26. The van der Waals surface area contributed by atoms with Crippen LogP contribution in [-0.2, 0) is 13.0 Å². The fourth-order valence-electron chi connectivity index (χ4n) is 1.89. The van der Waals surface area contributed by atoms with Crippen molar-refractivity contribution >= 4 is 11.3 Å². The first kappa shape index (κ1) is 12.3. The van der Waals surface area contributed by atoms with Gasteiger partial charge in [-0.05, 0) is 20.3 Å². The molecule has 0 fully saturated rings. The zero-order valence-electron chi connectivity index (χ0n) is 10.5. The van der Waals surface area contributed by atoms with Gasteiger partial charge in [0.15, 0.2) is 0 Å². The Labute approximate surface area is 106 Å². The highest BCUT2D eigenvalue weighted by Gasteiger charge is 2.18. The predicted octanol–water partition coefficient (Wildman–Crippen LogP) is 2.28. The van der Waals surface area contributed by atoms with E-state index in [1.807, 2.05) is 12.5 Å². The number of rotatable bonds is 4. The predicted molar refractivity (Wildman–Crippen MR) is 70.2 cm³/mol. The van der Waals surface area contributed by atoms with E-state index in [0.29, 0.717) is 0 Å². The van der Waals surface area contributed by atoms with Crippen LogP contribution in [0.2, 0.25) is 0 Å². The molecule has 5 heteroatoms. The summed E-state index contributed by atoms with van der Waals surface area (Å²) in [5.41, 5.74) is 8.45. The Bertz CT molecular complexity index is 500. The molecule has 2 rings (SSSR count). The van der Waals surface area contributed by atoms with Gasteiger partial charge in [-0.2, -0.15) is 0 Å².